The molecule has 2 heterocycles. The fraction of sp³-hybridized carbons (Fsp3) is 0.435. The number of benzene rings is 2. The summed E-state index contributed by atoms with van der Waals surface area (Å²) in [6, 6.07) is 13.8. The van der Waals surface area contributed by atoms with Crippen LogP contribution in [0.3, 0.4) is 0 Å². The predicted molar refractivity (Wildman–Crippen MR) is 110 cm³/mol. The summed E-state index contributed by atoms with van der Waals surface area (Å²) in [5.41, 5.74) is 10.2. The highest BCUT2D eigenvalue weighted by Crippen LogP contribution is 2.33. The van der Waals surface area contributed by atoms with E-state index < -0.39 is 0 Å². The van der Waals surface area contributed by atoms with Crippen molar-refractivity contribution < 1.29 is 9.18 Å². The number of hydrogen-bond donors (Lipinski definition) is 1. The van der Waals surface area contributed by atoms with Gasteiger partial charge in [-0.1, -0.05) is 24.3 Å². The zero-order valence-electron chi connectivity index (χ0n) is 16.2. The summed E-state index contributed by atoms with van der Waals surface area (Å²) >= 11 is 0. The van der Waals surface area contributed by atoms with E-state index in [9.17, 15) is 9.18 Å². The van der Waals surface area contributed by atoms with E-state index in [-0.39, 0.29) is 11.7 Å². The van der Waals surface area contributed by atoms with Gasteiger partial charge in [0.15, 0.2) is 0 Å². The minimum atomic E-state index is -0.279. The predicted octanol–water partition coefficient (Wildman–Crippen LogP) is 2.92. The van der Waals surface area contributed by atoms with E-state index in [1.54, 1.807) is 12.1 Å². The fourth-order valence-electron chi connectivity index (χ4n) is 4.53. The Morgan fingerprint density at radius 1 is 1.04 bits per heavy atom. The average molecular weight is 381 g/mol. The zero-order valence-corrected chi connectivity index (χ0v) is 16.2. The molecule has 0 atom stereocenters. The number of primary amides is 1. The van der Waals surface area contributed by atoms with Crippen molar-refractivity contribution in [2.45, 2.75) is 38.1 Å². The Hall–Kier alpha value is -2.40. The molecule has 4 nitrogen and oxygen atoms in total. The van der Waals surface area contributed by atoms with Crippen molar-refractivity contribution in [1.82, 2.24) is 4.90 Å². The summed E-state index contributed by atoms with van der Waals surface area (Å²) < 4.78 is 13.0. The molecular weight excluding hydrogens is 353 g/mol. The molecule has 0 aliphatic carbocycles. The summed E-state index contributed by atoms with van der Waals surface area (Å²) in [6.45, 7) is 4.28. The molecule has 2 N–H and O–H groups in total. The summed E-state index contributed by atoms with van der Waals surface area (Å²) in [7, 11) is 0. The molecule has 1 fully saturated rings. The molecule has 2 aliphatic heterocycles. The number of fused-ring (bicyclic) bond motifs is 1. The van der Waals surface area contributed by atoms with Crippen molar-refractivity contribution in [3.05, 3.63) is 65.0 Å². The third-order valence-electron chi connectivity index (χ3n) is 6.09. The molecule has 148 valence electrons. The molecule has 5 heteroatoms. The van der Waals surface area contributed by atoms with E-state index in [0.29, 0.717) is 12.5 Å². The molecule has 0 aromatic heterocycles. The van der Waals surface area contributed by atoms with Crippen LogP contribution in [0.1, 0.15) is 29.5 Å². The van der Waals surface area contributed by atoms with Gasteiger partial charge in [-0.2, -0.15) is 0 Å². The van der Waals surface area contributed by atoms with E-state index in [2.05, 4.69) is 21.9 Å². The lowest BCUT2D eigenvalue weighted by atomic mass is 10.0. The molecule has 0 radical (unpaired) electrons. The first-order valence-electron chi connectivity index (χ1n) is 10.2. The van der Waals surface area contributed by atoms with Crippen LogP contribution in [0.15, 0.2) is 42.5 Å². The van der Waals surface area contributed by atoms with Crippen LogP contribution in [0.2, 0.25) is 0 Å². The van der Waals surface area contributed by atoms with Crippen LogP contribution in [-0.2, 0) is 24.1 Å². The maximum Gasteiger partial charge on any atom is 0.221 e. The molecule has 0 bridgehead atoms. The molecule has 1 amide bonds. The van der Waals surface area contributed by atoms with Gasteiger partial charge in [0, 0.05) is 37.9 Å². The average Bonchev–Trinajstić information content (AvgIpc) is 3.11. The zero-order chi connectivity index (χ0) is 19.5. The molecule has 2 aromatic carbocycles. The third kappa shape index (κ3) is 4.36. The van der Waals surface area contributed by atoms with Gasteiger partial charge in [0.1, 0.15) is 5.82 Å². The number of hydrogen-bond acceptors (Lipinski definition) is 3. The second kappa shape index (κ2) is 8.31. The maximum atomic E-state index is 13.0. The molecule has 0 unspecified atom stereocenters. The van der Waals surface area contributed by atoms with Gasteiger partial charge in [-0.15, -0.1) is 0 Å². The standard InChI is InChI=1S/C23H28FN3O/c24-20-5-2-17(3-6-20)7-11-26-12-9-21(10-13-26)27-14-8-19-4-1-18(15-22(19)27)16-23(25)28/h1-6,15,21H,7-14,16H2,(H2,25,28). The van der Waals surface area contributed by atoms with Gasteiger partial charge in [0.2, 0.25) is 5.91 Å². The fourth-order valence-corrected chi connectivity index (χ4v) is 4.53. The summed E-state index contributed by atoms with van der Waals surface area (Å²) in [5, 5.41) is 0. The molecule has 1 saturated heterocycles. The highest BCUT2D eigenvalue weighted by atomic mass is 19.1. The van der Waals surface area contributed by atoms with Gasteiger partial charge in [-0.05, 0) is 60.6 Å². The lowest BCUT2D eigenvalue weighted by Crippen LogP contribution is -2.45. The molecule has 2 aromatic rings. The first kappa shape index (κ1) is 18.9. The van der Waals surface area contributed by atoms with Crippen LogP contribution >= 0.6 is 0 Å². The molecule has 2 aliphatic rings. The summed E-state index contributed by atoms with van der Waals surface area (Å²) in [6.07, 6.45) is 4.67. The van der Waals surface area contributed by atoms with E-state index >= 15 is 0 Å². The minimum absolute atomic E-state index is 0.172. The van der Waals surface area contributed by atoms with Crippen molar-refractivity contribution in [3.8, 4) is 0 Å². The normalized spacial score (nSPS) is 17.7. The number of rotatable bonds is 6. The van der Waals surface area contributed by atoms with Crippen molar-refractivity contribution in [2.24, 2.45) is 5.73 Å². The van der Waals surface area contributed by atoms with Gasteiger partial charge in [-0.25, -0.2) is 4.39 Å². The van der Waals surface area contributed by atoms with Crippen molar-refractivity contribution in [3.63, 3.8) is 0 Å². The number of anilines is 1. The molecule has 4 rings (SSSR count). The third-order valence-corrected chi connectivity index (χ3v) is 6.09. The van der Waals surface area contributed by atoms with E-state index in [4.69, 9.17) is 5.73 Å². The lowest BCUT2D eigenvalue weighted by molar-refractivity contribution is -0.117. The second-order valence-electron chi connectivity index (χ2n) is 8.00. The molecule has 0 saturated carbocycles. The summed E-state index contributed by atoms with van der Waals surface area (Å²) in [4.78, 5) is 16.3. The van der Waals surface area contributed by atoms with Crippen molar-refractivity contribution >= 4 is 11.6 Å². The number of carbonyl (C=O) groups is 1. The van der Waals surface area contributed by atoms with Gasteiger partial charge in [-0.3, -0.25) is 4.79 Å². The molecule has 28 heavy (non-hydrogen) atoms. The number of nitrogens with two attached hydrogens (primary N) is 1. The first-order valence-corrected chi connectivity index (χ1v) is 10.2. The van der Waals surface area contributed by atoms with Crippen molar-refractivity contribution in [1.29, 1.82) is 0 Å². The van der Waals surface area contributed by atoms with Gasteiger partial charge < -0.3 is 15.5 Å². The minimum Gasteiger partial charge on any atom is -0.369 e. The Morgan fingerprint density at radius 2 is 1.75 bits per heavy atom. The first-order chi connectivity index (χ1) is 13.6. The van der Waals surface area contributed by atoms with Crippen LogP contribution in [0.5, 0.6) is 0 Å². The van der Waals surface area contributed by atoms with Crippen LogP contribution in [0.4, 0.5) is 10.1 Å². The topological polar surface area (TPSA) is 49.6 Å². The maximum absolute atomic E-state index is 13.0. The van der Waals surface area contributed by atoms with Crippen LogP contribution in [0.25, 0.3) is 0 Å². The number of carbonyl (C=O) groups excluding carboxylic acids is 1. The monoisotopic (exact) mass is 381 g/mol. The highest BCUT2D eigenvalue weighted by molar-refractivity contribution is 5.77. The van der Waals surface area contributed by atoms with Crippen LogP contribution in [-0.4, -0.2) is 43.0 Å². The number of halogens is 1. The quantitative estimate of drug-likeness (QED) is 0.837. The Bertz CT molecular complexity index is 828. The Morgan fingerprint density at radius 3 is 2.46 bits per heavy atom. The Balaban J connectivity index is 1.32. The van der Waals surface area contributed by atoms with E-state index in [1.165, 1.54) is 16.8 Å². The number of likely N-dealkylation sites (tertiary alicyclic amines) is 1. The lowest BCUT2D eigenvalue weighted by Gasteiger charge is -2.38. The smallest absolute Gasteiger partial charge is 0.221 e. The summed E-state index contributed by atoms with van der Waals surface area (Å²) in [5.74, 6) is -0.451. The Labute approximate surface area is 166 Å². The van der Waals surface area contributed by atoms with Crippen LogP contribution in [0, 0.1) is 5.82 Å². The van der Waals surface area contributed by atoms with Crippen LogP contribution < -0.4 is 10.6 Å². The van der Waals surface area contributed by atoms with Gasteiger partial charge >= 0.3 is 0 Å². The highest BCUT2D eigenvalue weighted by Gasteiger charge is 2.29. The largest absolute Gasteiger partial charge is 0.369 e. The Kier molecular flexibility index (Phi) is 5.62. The SMILES string of the molecule is NC(=O)Cc1ccc2c(c1)N(C1CCN(CCc3ccc(F)cc3)CC1)CC2. The van der Waals surface area contributed by atoms with E-state index in [0.717, 1.165) is 57.4 Å². The second-order valence-corrected chi connectivity index (χ2v) is 8.00. The van der Waals surface area contributed by atoms with Gasteiger partial charge in [0.25, 0.3) is 0 Å². The molecule has 0 spiro atoms. The van der Waals surface area contributed by atoms with Gasteiger partial charge in [0.05, 0.1) is 6.42 Å². The molecular formula is C23H28FN3O. The number of nitrogens with zero attached hydrogens (tertiary/aromatic N) is 2. The number of amides is 1. The van der Waals surface area contributed by atoms with Crippen molar-refractivity contribution in [2.75, 3.05) is 31.1 Å². The van der Waals surface area contributed by atoms with E-state index in [1.807, 2.05) is 18.2 Å². The number of piperidine rings is 1.